The van der Waals surface area contributed by atoms with Gasteiger partial charge in [-0.2, -0.15) is 17.0 Å². The highest BCUT2D eigenvalue weighted by atomic mass is 32.2. The molecule has 2 aromatic rings. The van der Waals surface area contributed by atoms with E-state index in [0.717, 1.165) is 5.75 Å². The van der Waals surface area contributed by atoms with E-state index in [0.29, 0.717) is 11.3 Å². The lowest BCUT2D eigenvalue weighted by Gasteiger charge is -2.08. The Hall–Kier alpha value is -2.12. The maximum atomic E-state index is 12.4. The number of pyridine rings is 1. The first kappa shape index (κ1) is 14.3. The monoisotopic (exact) mass is 282 g/mol. The van der Waals surface area contributed by atoms with Crippen LogP contribution in [-0.2, 0) is 5.75 Å². The normalized spacial score (nSPS) is 11.6. The fourth-order valence-electron chi connectivity index (χ4n) is 1.90. The van der Waals surface area contributed by atoms with Gasteiger partial charge in [-0.3, -0.25) is 9.78 Å². The zero-order chi connectivity index (χ0) is 14.4. The molecule has 0 aliphatic rings. The summed E-state index contributed by atoms with van der Waals surface area (Å²) in [6.45, 7) is 0. The predicted octanol–water partition coefficient (Wildman–Crippen LogP) is 3.43. The van der Waals surface area contributed by atoms with Crippen molar-refractivity contribution in [1.82, 2.24) is 4.98 Å². The van der Waals surface area contributed by atoms with Crippen LogP contribution in [0.3, 0.4) is 0 Å². The maximum Gasteiger partial charge on any atom is 0.186 e. The molecule has 0 N–H and O–H groups in total. The number of rotatable bonds is 5. The second kappa shape index (κ2) is 6.88. The van der Waals surface area contributed by atoms with Crippen molar-refractivity contribution in [1.29, 1.82) is 5.26 Å². The summed E-state index contributed by atoms with van der Waals surface area (Å²) >= 11 is 1.73. The molecule has 0 fully saturated rings. The first-order chi connectivity index (χ1) is 9.76. The van der Waals surface area contributed by atoms with Crippen molar-refractivity contribution in [3.8, 4) is 6.07 Å². The molecule has 0 saturated heterocycles. The minimum Gasteiger partial charge on any atom is -0.292 e. The van der Waals surface area contributed by atoms with Crippen LogP contribution in [0.5, 0.6) is 0 Å². The van der Waals surface area contributed by atoms with Crippen LogP contribution in [0.25, 0.3) is 0 Å². The van der Waals surface area contributed by atoms with Crippen molar-refractivity contribution in [2.75, 3.05) is 6.26 Å². The minimum atomic E-state index is -0.845. The fraction of sp³-hybridized carbons (Fsp3) is 0.188. The van der Waals surface area contributed by atoms with Crippen molar-refractivity contribution in [3.63, 3.8) is 0 Å². The highest BCUT2D eigenvalue weighted by Crippen LogP contribution is 2.19. The summed E-state index contributed by atoms with van der Waals surface area (Å²) in [6, 6.07) is 14.7. The zero-order valence-corrected chi connectivity index (χ0v) is 11.9. The van der Waals surface area contributed by atoms with Gasteiger partial charge in [0, 0.05) is 17.5 Å². The lowest BCUT2D eigenvalue weighted by atomic mass is 9.95. The summed E-state index contributed by atoms with van der Waals surface area (Å²) in [4.78, 5) is 16.5. The molecule has 100 valence electrons. The summed E-state index contributed by atoms with van der Waals surface area (Å²) in [5.74, 6) is -0.138. The van der Waals surface area contributed by atoms with Gasteiger partial charge in [0.1, 0.15) is 0 Å². The van der Waals surface area contributed by atoms with Crippen LogP contribution < -0.4 is 0 Å². The van der Waals surface area contributed by atoms with Gasteiger partial charge in [-0.05, 0) is 24.0 Å². The smallest absolute Gasteiger partial charge is 0.186 e. The zero-order valence-electron chi connectivity index (χ0n) is 11.1. The molecule has 2 rings (SSSR count). The molecule has 1 atom stereocenters. The van der Waals surface area contributed by atoms with Gasteiger partial charge in [-0.25, -0.2) is 0 Å². The molecule has 0 aliphatic heterocycles. The summed E-state index contributed by atoms with van der Waals surface area (Å²) in [6.07, 6.45) is 3.63. The Labute approximate surface area is 122 Å². The van der Waals surface area contributed by atoms with Crippen LogP contribution in [0.1, 0.15) is 27.5 Å². The number of nitriles is 1. The van der Waals surface area contributed by atoms with Crippen molar-refractivity contribution in [2.24, 2.45) is 0 Å². The highest BCUT2D eigenvalue weighted by Gasteiger charge is 2.22. The van der Waals surface area contributed by atoms with Crippen LogP contribution in [-0.4, -0.2) is 17.0 Å². The minimum absolute atomic E-state index is 0.207. The lowest BCUT2D eigenvalue weighted by Crippen LogP contribution is -2.12. The molecule has 0 bridgehead atoms. The van der Waals surface area contributed by atoms with E-state index in [4.69, 9.17) is 0 Å². The van der Waals surface area contributed by atoms with E-state index in [2.05, 4.69) is 4.98 Å². The first-order valence-electron chi connectivity index (χ1n) is 6.19. The number of thioether (sulfide) groups is 1. The Kier molecular flexibility index (Phi) is 4.91. The van der Waals surface area contributed by atoms with E-state index in [-0.39, 0.29) is 5.78 Å². The molecule has 3 nitrogen and oxygen atoms in total. The standard InChI is InChI=1S/C16H14N2OS/c1-20-11-12-5-7-13(8-6-12)16(19)14(10-17)15-4-2-3-9-18-15/h2-9,14H,11H2,1H3/t14-/m1/s1. The number of benzene rings is 1. The second-order valence-corrected chi connectivity index (χ2v) is 5.18. The fourth-order valence-corrected chi connectivity index (χ4v) is 2.43. The van der Waals surface area contributed by atoms with Gasteiger partial charge in [0.15, 0.2) is 11.7 Å². The SMILES string of the molecule is CSCc1ccc(C(=O)[C@H](C#N)c2ccccn2)cc1. The summed E-state index contributed by atoms with van der Waals surface area (Å²) in [5, 5.41) is 9.24. The number of carbonyl (C=O) groups excluding carboxylic acids is 1. The molecular weight excluding hydrogens is 268 g/mol. The van der Waals surface area contributed by atoms with Crippen molar-refractivity contribution in [3.05, 3.63) is 65.5 Å². The number of ketones is 1. The number of hydrogen-bond acceptors (Lipinski definition) is 4. The van der Waals surface area contributed by atoms with E-state index in [9.17, 15) is 10.1 Å². The number of aromatic nitrogens is 1. The Morgan fingerprint density at radius 2 is 2.05 bits per heavy atom. The Morgan fingerprint density at radius 3 is 2.60 bits per heavy atom. The van der Waals surface area contributed by atoms with Gasteiger partial charge in [-0.15, -0.1) is 0 Å². The molecule has 4 heteroatoms. The molecule has 1 aromatic carbocycles. The van der Waals surface area contributed by atoms with Crippen LogP contribution in [0.15, 0.2) is 48.7 Å². The average Bonchev–Trinajstić information content (AvgIpc) is 2.50. The number of nitrogens with zero attached hydrogens (tertiary/aromatic N) is 2. The van der Waals surface area contributed by atoms with Crippen LogP contribution in [0.2, 0.25) is 0 Å². The molecule has 0 unspecified atom stereocenters. The van der Waals surface area contributed by atoms with Crippen LogP contribution in [0.4, 0.5) is 0 Å². The summed E-state index contributed by atoms with van der Waals surface area (Å²) in [7, 11) is 0. The molecule has 1 heterocycles. The predicted molar refractivity (Wildman–Crippen MR) is 80.6 cm³/mol. The van der Waals surface area contributed by atoms with Gasteiger partial charge in [0.2, 0.25) is 0 Å². The highest BCUT2D eigenvalue weighted by molar-refractivity contribution is 7.97. The third-order valence-corrected chi connectivity index (χ3v) is 3.55. The molecule has 20 heavy (non-hydrogen) atoms. The van der Waals surface area contributed by atoms with Crippen LogP contribution >= 0.6 is 11.8 Å². The third kappa shape index (κ3) is 3.25. The summed E-state index contributed by atoms with van der Waals surface area (Å²) < 4.78 is 0. The number of carbonyl (C=O) groups is 1. The lowest BCUT2D eigenvalue weighted by molar-refractivity contribution is 0.0977. The van der Waals surface area contributed by atoms with E-state index in [1.165, 1.54) is 5.56 Å². The number of Topliss-reactive ketones (excluding diaryl/α,β-unsaturated/α-hetero) is 1. The molecule has 0 spiro atoms. The van der Waals surface area contributed by atoms with Gasteiger partial charge < -0.3 is 0 Å². The average molecular weight is 282 g/mol. The van der Waals surface area contributed by atoms with Gasteiger partial charge >= 0.3 is 0 Å². The van der Waals surface area contributed by atoms with E-state index in [1.807, 2.05) is 24.5 Å². The topological polar surface area (TPSA) is 53.8 Å². The molecular formula is C16H14N2OS. The van der Waals surface area contributed by atoms with Crippen molar-refractivity contribution in [2.45, 2.75) is 11.7 Å². The third-order valence-electron chi connectivity index (χ3n) is 2.92. The van der Waals surface area contributed by atoms with Crippen LogP contribution in [0, 0.1) is 11.3 Å². The Morgan fingerprint density at radius 1 is 1.30 bits per heavy atom. The number of hydrogen-bond donors (Lipinski definition) is 0. The summed E-state index contributed by atoms with van der Waals surface area (Å²) in [5.41, 5.74) is 2.21. The van der Waals surface area contributed by atoms with Crippen molar-refractivity contribution >= 4 is 17.5 Å². The molecule has 0 aliphatic carbocycles. The van der Waals surface area contributed by atoms with Gasteiger partial charge in [-0.1, -0.05) is 30.3 Å². The van der Waals surface area contributed by atoms with Gasteiger partial charge in [0.25, 0.3) is 0 Å². The molecule has 0 radical (unpaired) electrons. The quantitative estimate of drug-likeness (QED) is 0.788. The molecule has 0 amide bonds. The first-order valence-corrected chi connectivity index (χ1v) is 7.58. The Bertz CT molecular complexity index is 617. The molecule has 0 saturated carbocycles. The second-order valence-electron chi connectivity index (χ2n) is 4.31. The Balaban J connectivity index is 2.23. The van der Waals surface area contributed by atoms with E-state index >= 15 is 0 Å². The van der Waals surface area contributed by atoms with Crippen molar-refractivity contribution < 1.29 is 4.79 Å². The maximum absolute atomic E-state index is 12.4. The van der Waals surface area contributed by atoms with E-state index < -0.39 is 5.92 Å². The molecule has 1 aromatic heterocycles. The van der Waals surface area contributed by atoms with E-state index in [1.54, 1.807) is 48.3 Å². The van der Waals surface area contributed by atoms with Gasteiger partial charge in [0.05, 0.1) is 11.8 Å². The largest absolute Gasteiger partial charge is 0.292 e.